The maximum Gasteiger partial charge on any atom is 0.251 e. The second-order valence-electron chi connectivity index (χ2n) is 4.91. The molecule has 0 spiro atoms. The number of hydrogen-bond acceptors (Lipinski definition) is 3. The number of rotatable bonds is 5. The Balaban J connectivity index is 2.05. The van der Waals surface area contributed by atoms with E-state index < -0.39 is 0 Å². The van der Waals surface area contributed by atoms with Gasteiger partial charge in [0.1, 0.15) is 0 Å². The highest BCUT2D eigenvalue weighted by Crippen LogP contribution is 2.04. The molecule has 0 saturated carbocycles. The van der Waals surface area contributed by atoms with Crippen molar-refractivity contribution in [2.75, 3.05) is 6.61 Å². The topological polar surface area (TPSA) is 71.3 Å². The molecular formula is C16H18N2O3. The van der Waals surface area contributed by atoms with E-state index in [9.17, 15) is 14.7 Å². The van der Waals surface area contributed by atoms with Crippen molar-refractivity contribution in [1.29, 1.82) is 0 Å². The van der Waals surface area contributed by atoms with Crippen LogP contribution in [0.25, 0.3) is 0 Å². The van der Waals surface area contributed by atoms with Gasteiger partial charge >= 0.3 is 0 Å². The van der Waals surface area contributed by atoms with Crippen molar-refractivity contribution in [3.05, 3.63) is 70.1 Å². The highest BCUT2D eigenvalue weighted by Gasteiger charge is 2.14. The van der Waals surface area contributed by atoms with E-state index in [0.29, 0.717) is 12.0 Å². The molecule has 2 N–H and O–H groups in total. The Morgan fingerprint density at radius 1 is 1.29 bits per heavy atom. The fourth-order valence-electron chi connectivity index (χ4n) is 2.02. The van der Waals surface area contributed by atoms with Crippen LogP contribution in [0.4, 0.5) is 0 Å². The number of aryl methyl sites for hydroxylation is 1. The number of nitrogens with zero attached hydrogens (tertiary/aromatic N) is 1. The number of aromatic nitrogens is 1. The number of pyridine rings is 1. The summed E-state index contributed by atoms with van der Waals surface area (Å²) in [5.74, 6) is -0.359. The van der Waals surface area contributed by atoms with Gasteiger partial charge in [-0.15, -0.1) is 0 Å². The lowest BCUT2D eigenvalue weighted by molar-refractivity contribution is 0.0916. The first-order valence-corrected chi connectivity index (χ1v) is 6.72. The van der Waals surface area contributed by atoms with Crippen LogP contribution in [0.1, 0.15) is 15.9 Å². The van der Waals surface area contributed by atoms with Crippen molar-refractivity contribution in [2.45, 2.75) is 12.5 Å². The minimum absolute atomic E-state index is 0.161. The van der Waals surface area contributed by atoms with Crippen LogP contribution >= 0.6 is 0 Å². The quantitative estimate of drug-likeness (QED) is 0.850. The van der Waals surface area contributed by atoms with Gasteiger partial charge < -0.3 is 15.0 Å². The summed E-state index contributed by atoms with van der Waals surface area (Å²) in [6.07, 6.45) is 2.08. The molecule has 0 saturated heterocycles. The fourth-order valence-corrected chi connectivity index (χ4v) is 2.02. The lowest BCUT2D eigenvalue weighted by Crippen LogP contribution is -2.39. The zero-order valence-corrected chi connectivity index (χ0v) is 11.8. The largest absolute Gasteiger partial charge is 0.394 e. The third-order valence-electron chi connectivity index (χ3n) is 3.25. The average Bonchev–Trinajstić information content (AvgIpc) is 2.50. The molecular weight excluding hydrogens is 268 g/mol. The van der Waals surface area contributed by atoms with Gasteiger partial charge in [-0.1, -0.05) is 30.3 Å². The molecule has 5 heteroatoms. The summed E-state index contributed by atoms with van der Waals surface area (Å²) in [5.41, 5.74) is 1.08. The normalized spacial score (nSPS) is 11.9. The van der Waals surface area contributed by atoms with Crippen LogP contribution in [0.2, 0.25) is 0 Å². The van der Waals surface area contributed by atoms with E-state index in [2.05, 4.69) is 5.32 Å². The van der Waals surface area contributed by atoms with Gasteiger partial charge in [0.15, 0.2) is 0 Å². The molecule has 1 unspecified atom stereocenters. The molecule has 2 aromatic rings. The summed E-state index contributed by atoms with van der Waals surface area (Å²) in [5, 5.41) is 12.1. The lowest BCUT2D eigenvalue weighted by atomic mass is 10.1. The fraction of sp³-hybridized carbons (Fsp3) is 0.250. The van der Waals surface area contributed by atoms with E-state index in [4.69, 9.17) is 0 Å². The van der Waals surface area contributed by atoms with Crippen molar-refractivity contribution < 1.29 is 9.90 Å². The van der Waals surface area contributed by atoms with Crippen LogP contribution < -0.4 is 10.9 Å². The lowest BCUT2D eigenvalue weighted by Gasteiger charge is -2.16. The monoisotopic (exact) mass is 286 g/mol. The SMILES string of the molecule is Cn1ccc(C(=O)NC(CO)Cc2ccccc2)cc1=O. The molecule has 2 rings (SSSR count). The molecule has 1 amide bonds. The molecule has 5 nitrogen and oxygen atoms in total. The minimum Gasteiger partial charge on any atom is -0.394 e. The maximum absolute atomic E-state index is 12.1. The summed E-state index contributed by atoms with van der Waals surface area (Å²) < 4.78 is 1.39. The molecule has 0 aliphatic rings. The van der Waals surface area contributed by atoms with Gasteiger partial charge in [0.25, 0.3) is 11.5 Å². The zero-order valence-electron chi connectivity index (χ0n) is 11.8. The number of benzene rings is 1. The van der Waals surface area contributed by atoms with Crippen molar-refractivity contribution in [1.82, 2.24) is 9.88 Å². The van der Waals surface area contributed by atoms with Crippen molar-refractivity contribution in [3.8, 4) is 0 Å². The minimum atomic E-state index is -0.385. The average molecular weight is 286 g/mol. The Bertz CT molecular complexity index is 665. The molecule has 110 valence electrons. The van der Waals surface area contributed by atoms with Crippen molar-refractivity contribution in [3.63, 3.8) is 0 Å². The van der Waals surface area contributed by atoms with Crippen LogP contribution in [-0.4, -0.2) is 28.2 Å². The summed E-state index contributed by atoms with van der Waals surface area (Å²) in [6.45, 7) is -0.161. The Morgan fingerprint density at radius 3 is 2.62 bits per heavy atom. The number of amides is 1. The number of hydrogen-bond donors (Lipinski definition) is 2. The van der Waals surface area contributed by atoms with E-state index in [1.165, 1.54) is 10.6 Å². The van der Waals surface area contributed by atoms with Gasteiger partial charge in [-0.05, 0) is 18.1 Å². The molecule has 1 heterocycles. The van der Waals surface area contributed by atoms with Gasteiger partial charge in [0.05, 0.1) is 12.6 Å². The van der Waals surface area contributed by atoms with E-state index in [1.54, 1.807) is 19.3 Å². The van der Waals surface area contributed by atoms with Gasteiger partial charge in [0, 0.05) is 24.9 Å². The molecule has 0 aliphatic heterocycles. The molecule has 1 aromatic heterocycles. The first-order chi connectivity index (χ1) is 10.1. The van der Waals surface area contributed by atoms with Gasteiger partial charge in [-0.25, -0.2) is 0 Å². The van der Waals surface area contributed by atoms with E-state index >= 15 is 0 Å². The predicted octanol–water partition coefficient (Wildman–Crippen LogP) is 0.719. The second kappa shape index (κ2) is 6.85. The third-order valence-corrected chi connectivity index (χ3v) is 3.25. The molecule has 0 fully saturated rings. The van der Waals surface area contributed by atoms with E-state index in [0.717, 1.165) is 5.56 Å². The molecule has 1 atom stereocenters. The van der Waals surface area contributed by atoms with Crippen LogP contribution in [0, 0.1) is 0 Å². The Hall–Kier alpha value is -2.40. The smallest absolute Gasteiger partial charge is 0.251 e. The van der Waals surface area contributed by atoms with Crippen LogP contribution in [0.15, 0.2) is 53.5 Å². The standard InChI is InChI=1S/C16H18N2O3/c1-18-8-7-13(10-15(18)20)16(21)17-14(11-19)9-12-5-3-2-4-6-12/h2-8,10,14,19H,9,11H2,1H3,(H,17,21). The highest BCUT2D eigenvalue weighted by atomic mass is 16.3. The molecule has 0 aliphatic carbocycles. The summed E-state index contributed by atoms with van der Waals surface area (Å²) >= 11 is 0. The van der Waals surface area contributed by atoms with Crippen molar-refractivity contribution >= 4 is 5.91 Å². The number of aliphatic hydroxyl groups is 1. The number of carbonyl (C=O) groups is 1. The van der Waals surface area contributed by atoms with E-state index in [1.807, 2.05) is 30.3 Å². The first kappa shape index (κ1) is 15.0. The van der Waals surface area contributed by atoms with Crippen molar-refractivity contribution in [2.24, 2.45) is 7.05 Å². The molecule has 0 radical (unpaired) electrons. The number of carbonyl (C=O) groups excluding carboxylic acids is 1. The Morgan fingerprint density at radius 2 is 2.00 bits per heavy atom. The van der Waals surface area contributed by atoms with E-state index in [-0.39, 0.29) is 24.1 Å². The first-order valence-electron chi connectivity index (χ1n) is 6.72. The summed E-state index contributed by atoms with van der Waals surface area (Å²) in [4.78, 5) is 23.6. The zero-order chi connectivity index (χ0) is 15.2. The predicted molar refractivity (Wildman–Crippen MR) is 80.2 cm³/mol. The number of nitrogens with one attached hydrogen (secondary N) is 1. The Kier molecular flexibility index (Phi) is 4.90. The highest BCUT2D eigenvalue weighted by molar-refractivity contribution is 5.94. The van der Waals surface area contributed by atoms with Gasteiger partial charge in [0.2, 0.25) is 0 Å². The third kappa shape index (κ3) is 4.03. The van der Waals surface area contributed by atoms with Crippen LogP contribution in [0.5, 0.6) is 0 Å². The van der Waals surface area contributed by atoms with Crippen LogP contribution in [-0.2, 0) is 13.5 Å². The summed E-state index contributed by atoms with van der Waals surface area (Å²) in [6, 6.07) is 12.1. The van der Waals surface area contributed by atoms with Gasteiger partial charge in [-0.2, -0.15) is 0 Å². The van der Waals surface area contributed by atoms with Crippen LogP contribution in [0.3, 0.4) is 0 Å². The Labute approximate surface area is 122 Å². The maximum atomic E-state index is 12.1. The summed E-state index contributed by atoms with van der Waals surface area (Å²) in [7, 11) is 1.62. The molecule has 1 aromatic carbocycles. The second-order valence-corrected chi connectivity index (χ2v) is 4.91. The molecule has 0 bridgehead atoms. The van der Waals surface area contributed by atoms with Gasteiger partial charge in [-0.3, -0.25) is 9.59 Å². The molecule has 21 heavy (non-hydrogen) atoms. The number of aliphatic hydroxyl groups excluding tert-OH is 1.